The third kappa shape index (κ3) is 4.06. The lowest BCUT2D eigenvalue weighted by atomic mass is 9.75. The van der Waals surface area contributed by atoms with E-state index >= 15 is 0 Å². The van der Waals surface area contributed by atoms with Gasteiger partial charge in [-0.1, -0.05) is 67.2 Å². The highest BCUT2D eigenvalue weighted by Gasteiger charge is 2.75. The van der Waals surface area contributed by atoms with E-state index in [1.807, 2.05) is 25.7 Å². The molecule has 2 aromatic rings. The second kappa shape index (κ2) is 9.33. The minimum atomic E-state index is -1.55. The molecule has 0 radical (unpaired) electrons. The number of carbonyl (C=O) groups is 4. The molecule has 0 bridgehead atoms. The van der Waals surface area contributed by atoms with Crippen molar-refractivity contribution in [2.75, 3.05) is 16.8 Å². The van der Waals surface area contributed by atoms with Gasteiger partial charge < -0.3 is 10.6 Å². The fraction of sp³-hybridized carbons (Fsp3) is 0.429. The summed E-state index contributed by atoms with van der Waals surface area (Å²) in [5.74, 6) is -3.46. The van der Waals surface area contributed by atoms with Gasteiger partial charge in [0.25, 0.3) is 5.91 Å². The molecule has 1 spiro atoms. The molecule has 4 unspecified atom stereocenters. The van der Waals surface area contributed by atoms with Gasteiger partial charge in [0.15, 0.2) is 0 Å². The number of fused-ring (bicyclic) bond motifs is 7. The average Bonchev–Trinajstić information content (AvgIpc) is 3.48. The summed E-state index contributed by atoms with van der Waals surface area (Å²) in [4.78, 5) is 58.2. The van der Waals surface area contributed by atoms with Crippen LogP contribution < -0.4 is 15.5 Å². The van der Waals surface area contributed by atoms with E-state index in [1.54, 1.807) is 6.07 Å². The fourth-order valence-electron chi connectivity index (χ4n) is 7.02. The van der Waals surface area contributed by atoms with Gasteiger partial charge in [-0.3, -0.25) is 24.1 Å². The Balaban J connectivity index is 1.47. The fourth-order valence-corrected chi connectivity index (χ4v) is 8.08. The van der Waals surface area contributed by atoms with Crippen molar-refractivity contribution in [3.8, 4) is 0 Å². The molecule has 4 aliphatic heterocycles. The van der Waals surface area contributed by atoms with Gasteiger partial charge in [0.1, 0.15) is 5.54 Å². The number of anilines is 2. The molecule has 0 saturated carbocycles. The monoisotopic (exact) mass is 622 g/mol. The quantitative estimate of drug-likeness (QED) is 0.455. The van der Waals surface area contributed by atoms with E-state index in [0.717, 1.165) is 4.90 Å². The lowest BCUT2D eigenvalue weighted by Gasteiger charge is -2.37. The molecule has 8 nitrogen and oxygen atoms in total. The molecule has 40 heavy (non-hydrogen) atoms. The van der Waals surface area contributed by atoms with Crippen molar-refractivity contribution in [3.05, 3.63) is 56.0 Å². The summed E-state index contributed by atoms with van der Waals surface area (Å²) >= 11 is 25.4. The number of hydrogen-bond acceptors (Lipinski definition) is 5. The Kier molecular flexibility index (Phi) is 6.48. The van der Waals surface area contributed by atoms with Gasteiger partial charge in [0.05, 0.1) is 28.2 Å². The number of rotatable bonds is 3. The van der Waals surface area contributed by atoms with Crippen molar-refractivity contribution in [1.82, 2.24) is 10.2 Å². The van der Waals surface area contributed by atoms with Crippen LogP contribution in [-0.2, 0) is 24.7 Å². The van der Waals surface area contributed by atoms with Crippen molar-refractivity contribution in [1.29, 1.82) is 0 Å². The maximum Gasteiger partial charge on any atom is 0.250 e. The molecule has 4 amide bonds. The van der Waals surface area contributed by atoms with E-state index in [2.05, 4.69) is 10.6 Å². The zero-order chi connectivity index (χ0) is 28.9. The first-order valence-corrected chi connectivity index (χ1v) is 14.4. The lowest BCUT2D eigenvalue weighted by Crippen LogP contribution is -2.55. The first-order chi connectivity index (χ1) is 18.7. The smallest absolute Gasteiger partial charge is 0.250 e. The molecule has 4 heterocycles. The maximum atomic E-state index is 14.2. The second-order valence-electron chi connectivity index (χ2n) is 12.1. The number of nitrogens with one attached hydrogen (secondary N) is 2. The summed E-state index contributed by atoms with van der Waals surface area (Å²) in [7, 11) is 0. The molecular weight excluding hydrogens is 598 g/mol. The van der Waals surface area contributed by atoms with Crippen LogP contribution in [0.25, 0.3) is 0 Å². The third-order valence-corrected chi connectivity index (χ3v) is 9.18. The summed E-state index contributed by atoms with van der Waals surface area (Å²) < 4.78 is 0. The molecule has 3 saturated heterocycles. The number of carbonyl (C=O) groups excluding carboxylic acids is 4. The lowest BCUT2D eigenvalue weighted by molar-refractivity contribution is -0.135. The highest BCUT2D eigenvalue weighted by Crippen LogP contribution is 2.61. The van der Waals surface area contributed by atoms with Gasteiger partial charge >= 0.3 is 0 Å². The van der Waals surface area contributed by atoms with Crippen LogP contribution in [0.15, 0.2) is 30.3 Å². The molecule has 4 aliphatic rings. The van der Waals surface area contributed by atoms with E-state index in [9.17, 15) is 19.2 Å². The predicted octanol–water partition coefficient (Wildman–Crippen LogP) is 5.26. The number of imide groups is 1. The van der Waals surface area contributed by atoms with E-state index in [0.29, 0.717) is 29.1 Å². The summed E-state index contributed by atoms with van der Waals surface area (Å²) in [6.45, 7) is 6.21. The molecule has 6 rings (SSSR count). The Morgan fingerprint density at radius 2 is 1.65 bits per heavy atom. The number of amides is 4. The van der Waals surface area contributed by atoms with Gasteiger partial charge in [0, 0.05) is 45.7 Å². The topological polar surface area (TPSA) is 98.8 Å². The highest BCUT2D eigenvalue weighted by molar-refractivity contribution is 6.38. The van der Waals surface area contributed by atoms with Crippen molar-refractivity contribution < 1.29 is 19.2 Å². The van der Waals surface area contributed by atoms with Crippen LogP contribution in [0.1, 0.15) is 39.2 Å². The van der Waals surface area contributed by atoms with Crippen molar-refractivity contribution in [2.24, 2.45) is 17.3 Å². The average molecular weight is 624 g/mol. The Bertz CT molecular complexity index is 1490. The van der Waals surface area contributed by atoms with Gasteiger partial charge in [-0.05, 0) is 42.2 Å². The van der Waals surface area contributed by atoms with E-state index in [4.69, 9.17) is 46.4 Å². The third-order valence-electron chi connectivity index (χ3n) is 8.22. The molecule has 12 heteroatoms. The Morgan fingerprint density at radius 3 is 2.30 bits per heavy atom. The minimum absolute atomic E-state index is 0.115. The number of nitrogens with zero attached hydrogens (tertiary/aromatic N) is 2. The van der Waals surface area contributed by atoms with Crippen LogP contribution in [-0.4, -0.2) is 47.2 Å². The van der Waals surface area contributed by atoms with Crippen molar-refractivity contribution in [3.63, 3.8) is 0 Å². The normalized spacial score (nSPS) is 29.2. The Hall–Kier alpha value is -2.36. The van der Waals surface area contributed by atoms with E-state index < -0.39 is 41.1 Å². The first kappa shape index (κ1) is 27.8. The molecule has 2 N–H and O–H groups in total. The Morgan fingerprint density at radius 1 is 1.00 bits per heavy atom. The van der Waals surface area contributed by atoms with Crippen LogP contribution in [0, 0.1) is 17.3 Å². The van der Waals surface area contributed by atoms with Crippen LogP contribution in [0.3, 0.4) is 0 Å². The summed E-state index contributed by atoms with van der Waals surface area (Å²) in [6, 6.07) is 6.81. The maximum absolute atomic E-state index is 14.2. The molecular formula is C28H26Cl4N4O4. The van der Waals surface area contributed by atoms with Crippen LogP contribution in [0.2, 0.25) is 20.1 Å². The van der Waals surface area contributed by atoms with E-state index in [1.165, 1.54) is 24.3 Å². The summed E-state index contributed by atoms with van der Waals surface area (Å²) in [6.07, 6.45) is 0.708. The summed E-state index contributed by atoms with van der Waals surface area (Å²) in [5, 5.41) is 7.01. The Labute approximate surface area is 251 Å². The number of benzene rings is 2. The predicted molar refractivity (Wildman–Crippen MR) is 154 cm³/mol. The van der Waals surface area contributed by atoms with Gasteiger partial charge in [-0.25, -0.2) is 4.90 Å². The SMILES string of the molecule is CC(C)(C)CC(=O)N[C@H]1CC2C3C(=O)N(c4cc(Cl)cc(Cl)c4)C(=O)C3C3(C(=O)Nc4c(Cl)cc(Cl)cc43)N2C1. The molecule has 2 aromatic carbocycles. The second-order valence-corrected chi connectivity index (χ2v) is 13.8. The van der Waals surface area contributed by atoms with Gasteiger partial charge in [-0.2, -0.15) is 0 Å². The zero-order valence-corrected chi connectivity index (χ0v) is 24.9. The first-order valence-electron chi connectivity index (χ1n) is 12.9. The molecule has 0 aromatic heterocycles. The van der Waals surface area contributed by atoms with Gasteiger partial charge in [0.2, 0.25) is 17.7 Å². The summed E-state index contributed by atoms with van der Waals surface area (Å²) in [5.41, 5.74) is -0.719. The van der Waals surface area contributed by atoms with Crippen LogP contribution in [0.5, 0.6) is 0 Å². The van der Waals surface area contributed by atoms with Crippen molar-refractivity contribution in [2.45, 2.75) is 51.2 Å². The van der Waals surface area contributed by atoms with Gasteiger partial charge in [-0.15, -0.1) is 0 Å². The number of hydrogen-bond donors (Lipinski definition) is 2. The molecule has 3 fully saturated rings. The molecule has 210 valence electrons. The highest BCUT2D eigenvalue weighted by atomic mass is 35.5. The molecule has 0 aliphatic carbocycles. The minimum Gasteiger partial charge on any atom is -0.352 e. The standard InChI is InChI=1S/C28H26Cl4N4O4/c1-27(2,3)10-20(37)33-15-9-19-21-22(25(39)36(24(21)38)16-5-12(29)4-13(30)6-16)28(35(19)11-15)17-7-14(31)8-18(32)23(17)34-26(28)40/h4-8,15,19,21-22H,9-11H2,1-3H3,(H,33,37)(H,34,40)/t15-,19?,21?,22?,28?/m0/s1. The zero-order valence-electron chi connectivity index (χ0n) is 21.9. The van der Waals surface area contributed by atoms with Crippen LogP contribution in [0.4, 0.5) is 11.4 Å². The number of halogens is 4. The van der Waals surface area contributed by atoms with E-state index in [-0.39, 0.29) is 44.7 Å². The molecule has 5 atom stereocenters. The van der Waals surface area contributed by atoms with Crippen LogP contribution >= 0.6 is 46.4 Å². The van der Waals surface area contributed by atoms with Crippen molar-refractivity contribution >= 4 is 81.4 Å². The largest absolute Gasteiger partial charge is 0.352 e.